The molecule has 0 saturated carbocycles. The Morgan fingerprint density at radius 2 is 2.21 bits per heavy atom. The molecule has 0 aromatic heterocycles. The second-order valence-corrected chi connectivity index (χ2v) is 5.17. The van der Waals surface area contributed by atoms with Crippen LogP contribution < -0.4 is 5.32 Å². The molecule has 1 heterocycles. The van der Waals surface area contributed by atoms with Crippen LogP contribution in [0.5, 0.6) is 0 Å². The van der Waals surface area contributed by atoms with Crippen molar-refractivity contribution >= 4 is 17.4 Å². The van der Waals surface area contributed by atoms with E-state index in [1.165, 1.54) is 34.7 Å². The number of hydrogen-bond acceptors (Lipinski definition) is 2. The second-order valence-electron chi connectivity index (χ2n) is 4.02. The Morgan fingerprint density at radius 3 is 2.86 bits per heavy atom. The predicted molar refractivity (Wildman–Crippen MR) is 65.3 cm³/mol. The van der Waals surface area contributed by atoms with Crippen molar-refractivity contribution in [3.05, 3.63) is 29.3 Å². The van der Waals surface area contributed by atoms with Gasteiger partial charge in [0.25, 0.3) is 0 Å². The summed E-state index contributed by atoms with van der Waals surface area (Å²) >= 11 is 2.05. The van der Waals surface area contributed by atoms with Gasteiger partial charge >= 0.3 is 0 Å². The molecule has 76 valence electrons. The second kappa shape index (κ2) is 4.26. The molecule has 1 fully saturated rings. The standard InChI is InChI=1S/C12H17NS/c1-9-3-4-12(10(2)7-9)13-11-5-6-14-8-11/h3-4,7,11,13H,5-6,8H2,1-2H3/t11-/m0/s1. The van der Waals surface area contributed by atoms with Crippen LogP contribution in [-0.4, -0.2) is 17.5 Å². The molecule has 2 heteroatoms. The van der Waals surface area contributed by atoms with Crippen molar-refractivity contribution in [2.75, 3.05) is 16.8 Å². The summed E-state index contributed by atoms with van der Waals surface area (Å²) in [5.41, 5.74) is 4.01. The summed E-state index contributed by atoms with van der Waals surface area (Å²) in [6.07, 6.45) is 1.30. The SMILES string of the molecule is Cc1ccc(N[C@H]2CCSC2)c(C)c1. The van der Waals surface area contributed by atoms with Crippen molar-refractivity contribution in [2.45, 2.75) is 26.3 Å². The first-order chi connectivity index (χ1) is 6.75. The van der Waals surface area contributed by atoms with E-state index in [4.69, 9.17) is 0 Å². The molecule has 1 aliphatic heterocycles. The van der Waals surface area contributed by atoms with Crippen molar-refractivity contribution in [1.29, 1.82) is 0 Å². The zero-order valence-electron chi connectivity index (χ0n) is 8.84. The quantitative estimate of drug-likeness (QED) is 0.799. The number of benzene rings is 1. The first kappa shape index (κ1) is 9.91. The van der Waals surface area contributed by atoms with E-state index in [1.54, 1.807) is 0 Å². The summed E-state index contributed by atoms with van der Waals surface area (Å²) < 4.78 is 0. The monoisotopic (exact) mass is 207 g/mol. The average molecular weight is 207 g/mol. The topological polar surface area (TPSA) is 12.0 Å². The Morgan fingerprint density at radius 1 is 1.36 bits per heavy atom. The first-order valence-corrected chi connectivity index (χ1v) is 6.33. The number of aryl methyl sites for hydroxylation is 2. The third kappa shape index (κ3) is 2.24. The van der Waals surface area contributed by atoms with Gasteiger partial charge in [0.15, 0.2) is 0 Å². The molecular weight excluding hydrogens is 190 g/mol. The van der Waals surface area contributed by atoms with Gasteiger partial charge in [-0.25, -0.2) is 0 Å². The Kier molecular flexibility index (Phi) is 3.02. The Hall–Kier alpha value is -0.630. The van der Waals surface area contributed by atoms with Crippen molar-refractivity contribution < 1.29 is 0 Å². The van der Waals surface area contributed by atoms with Gasteiger partial charge in [-0.1, -0.05) is 17.7 Å². The van der Waals surface area contributed by atoms with Crippen LogP contribution in [0.15, 0.2) is 18.2 Å². The van der Waals surface area contributed by atoms with Crippen LogP contribution in [0.4, 0.5) is 5.69 Å². The number of rotatable bonds is 2. The predicted octanol–water partition coefficient (Wildman–Crippen LogP) is 3.22. The van der Waals surface area contributed by atoms with E-state index in [2.05, 4.69) is 37.4 Å². The van der Waals surface area contributed by atoms with Gasteiger partial charge in [0, 0.05) is 17.5 Å². The van der Waals surface area contributed by atoms with Crippen LogP contribution in [0.3, 0.4) is 0 Å². The number of anilines is 1. The number of hydrogen-bond donors (Lipinski definition) is 1. The molecule has 0 spiro atoms. The summed E-state index contributed by atoms with van der Waals surface area (Å²) in [7, 11) is 0. The van der Waals surface area contributed by atoms with E-state index < -0.39 is 0 Å². The summed E-state index contributed by atoms with van der Waals surface area (Å²) in [4.78, 5) is 0. The maximum absolute atomic E-state index is 3.62. The molecule has 1 saturated heterocycles. The zero-order valence-corrected chi connectivity index (χ0v) is 9.66. The number of nitrogens with one attached hydrogen (secondary N) is 1. The highest BCUT2D eigenvalue weighted by molar-refractivity contribution is 7.99. The van der Waals surface area contributed by atoms with Crippen molar-refractivity contribution in [3.63, 3.8) is 0 Å². The Bertz CT molecular complexity index is 316. The van der Waals surface area contributed by atoms with Gasteiger partial charge < -0.3 is 5.32 Å². The molecule has 1 nitrogen and oxygen atoms in total. The fraction of sp³-hybridized carbons (Fsp3) is 0.500. The van der Waals surface area contributed by atoms with E-state index in [0.29, 0.717) is 6.04 Å². The largest absolute Gasteiger partial charge is 0.381 e. The lowest BCUT2D eigenvalue weighted by molar-refractivity contribution is 0.811. The van der Waals surface area contributed by atoms with Crippen LogP contribution in [0.25, 0.3) is 0 Å². The molecule has 1 aliphatic rings. The Labute approximate surface area is 90.3 Å². The van der Waals surface area contributed by atoms with Crippen LogP contribution in [0.2, 0.25) is 0 Å². The normalized spacial score (nSPS) is 21.1. The van der Waals surface area contributed by atoms with Crippen LogP contribution in [-0.2, 0) is 0 Å². The van der Waals surface area contributed by atoms with Crippen molar-refractivity contribution in [1.82, 2.24) is 0 Å². The molecule has 0 unspecified atom stereocenters. The van der Waals surface area contributed by atoms with E-state index in [1.807, 2.05) is 11.8 Å². The minimum absolute atomic E-state index is 0.682. The molecule has 0 radical (unpaired) electrons. The van der Waals surface area contributed by atoms with E-state index >= 15 is 0 Å². The molecular formula is C12H17NS. The number of thioether (sulfide) groups is 1. The summed E-state index contributed by atoms with van der Waals surface area (Å²) in [5.74, 6) is 2.57. The molecule has 0 aliphatic carbocycles. The fourth-order valence-corrected chi connectivity index (χ4v) is 3.00. The van der Waals surface area contributed by atoms with Gasteiger partial charge in [-0.3, -0.25) is 0 Å². The maximum Gasteiger partial charge on any atom is 0.0372 e. The molecule has 1 aromatic carbocycles. The summed E-state index contributed by atoms with van der Waals surface area (Å²) in [6.45, 7) is 4.32. The molecule has 1 atom stereocenters. The smallest absolute Gasteiger partial charge is 0.0372 e. The third-order valence-corrected chi connectivity index (χ3v) is 3.83. The van der Waals surface area contributed by atoms with Crippen molar-refractivity contribution in [3.8, 4) is 0 Å². The van der Waals surface area contributed by atoms with Gasteiger partial charge in [-0.15, -0.1) is 0 Å². The molecule has 0 amide bonds. The third-order valence-electron chi connectivity index (χ3n) is 2.67. The molecule has 1 N–H and O–H groups in total. The molecule has 2 rings (SSSR count). The van der Waals surface area contributed by atoms with Crippen LogP contribution in [0.1, 0.15) is 17.5 Å². The van der Waals surface area contributed by atoms with Gasteiger partial charge in [-0.05, 0) is 37.7 Å². The van der Waals surface area contributed by atoms with E-state index in [0.717, 1.165) is 0 Å². The molecule has 14 heavy (non-hydrogen) atoms. The van der Waals surface area contributed by atoms with E-state index in [-0.39, 0.29) is 0 Å². The minimum atomic E-state index is 0.682. The van der Waals surface area contributed by atoms with Crippen LogP contribution >= 0.6 is 11.8 Å². The van der Waals surface area contributed by atoms with Gasteiger partial charge in [0.05, 0.1) is 0 Å². The average Bonchev–Trinajstić information content (AvgIpc) is 2.62. The lowest BCUT2D eigenvalue weighted by Gasteiger charge is -2.15. The van der Waals surface area contributed by atoms with Gasteiger partial charge in [0.2, 0.25) is 0 Å². The first-order valence-electron chi connectivity index (χ1n) is 5.17. The van der Waals surface area contributed by atoms with Gasteiger partial charge in [-0.2, -0.15) is 11.8 Å². The zero-order chi connectivity index (χ0) is 9.97. The van der Waals surface area contributed by atoms with Crippen molar-refractivity contribution in [2.24, 2.45) is 0 Å². The highest BCUT2D eigenvalue weighted by Crippen LogP contribution is 2.23. The highest BCUT2D eigenvalue weighted by Gasteiger charge is 2.15. The maximum atomic E-state index is 3.62. The Balaban J connectivity index is 2.08. The van der Waals surface area contributed by atoms with Crippen LogP contribution in [0, 0.1) is 13.8 Å². The molecule has 0 bridgehead atoms. The molecule has 1 aromatic rings. The fourth-order valence-electron chi connectivity index (χ4n) is 1.84. The summed E-state index contributed by atoms with van der Waals surface area (Å²) in [5, 5.41) is 3.62. The van der Waals surface area contributed by atoms with E-state index in [9.17, 15) is 0 Å². The summed E-state index contributed by atoms with van der Waals surface area (Å²) in [6, 6.07) is 7.30. The highest BCUT2D eigenvalue weighted by atomic mass is 32.2. The lowest BCUT2D eigenvalue weighted by Crippen LogP contribution is -2.18. The minimum Gasteiger partial charge on any atom is -0.381 e. The van der Waals surface area contributed by atoms with Gasteiger partial charge in [0.1, 0.15) is 0 Å². The lowest BCUT2D eigenvalue weighted by atomic mass is 10.1.